The first kappa shape index (κ1) is 15.2. The molecule has 1 atom stereocenters. The fourth-order valence-electron chi connectivity index (χ4n) is 2.47. The van der Waals surface area contributed by atoms with Crippen molar-refractivity contribution >= 4 is 0 Å². The summed E-state index contributed by atoms with van der Waals surface area (Å²) in [5.41, 5.74) is 0.891. The zero-order valence-corrected chi connectivity index (χ0v) is 12.5. The second-order valence-electron chi connectivity index (χ2n) is 5.22. The quantitative estimate of drug-likeness (QED) is 0.756. The Morgan fingerprint density at radius 3 is 2.83 bits per heavy atom. The van der Waals surface area contributed by atoms with Crippen molar-refractivity contribution in [2.45, 2.75) is 18.8 Å². The molecule has 0 saturated heterocycles. The molecule has 1 unspecified atom stereocenters. The number of nitriles is 1. The van der Waals surface area contributed by atoms with E-state index in [1.165, 1.54) is 6.07 Å². The summed E-state index contributed by atoms with van der Waals surface area (Å²) in [5.74, 6) is 0.983. The Bertz CT molecular complexity index is 726. The molecule has 5 heteroatoms. The van der Waals surface area contributed by atoms with Crippen LogP contribution in [0.25, 0.3) is 0 Å². The van der Waals surface area contributed by atoms with E-state index in [4.69, 9.17) is 14.2 Å². The highest BCUT2D eigenvalue weighted by molar-refractivity contribution is 5.46. The topological polar surface area (TPSA) is 51.5 Å². The molecule has 0 aromatic heterocycles. The van der Waals surface area contributed by atoms with Crippen molar-refractivity contribution in [2.24, 2.45) is 0 Å². The fraction of sp³-hybridized carbons (Fsp3) is 0.278. The summed E-state index contributed by atoms with van der Waals surface area (Å²) in [6, 6.07) is 14.1. The predicted octanol–water partition coefficient (Wildman–Crippen LogP) is 4.02. The Labute approximate surface area is 134 Å². The summed E-state index contributed by atoms with van der Waals surface area (Å²) in [5, 5.41) is 9.37. The van der Waals surface area contributed by atoms with Gasteiger partial charge < -0.3 is 14.2 Å². The summed E-state index contributed by atoms with van der Waals surface area (Å²) in [4.78, 5) is 0. The molecule has 1 aliphatic heterocycles. The van der Waals surface area contributed by atoms with Crippen LogP contribution in [0.2, 0.25) is 0 Å². The average molecular weight is 313 g/mol. The third kappa shape index (κ3) is 3.54. The summed E-state index contributed by atoms with van der Waals surface area (Å²) in [6.07, 6.45) is 1.28. The number of halogens is 1. The lowest BCUT2D eigenvalue weighted by Crippen LogP contribution is -2.03. The van der Waals surface area contributed by atoms with E-state index in [2.05, 4.69) is 6.07 Å². The normalized spacial score (nSPS) is 13.4. The van der Waals surface area contributed by atoms with Crippen molar-refractivity contribution in [1.29, 1.82) is 5.26 Å². The number of nitrogens with zero attached hydrogens (tertiary/aromatic N) is 1. The molecule has 1 heterocycles. The van der Waals surface area contributed by atoms with Crippen LogP contribution in [0.5, 0.6) is 17.2 Å². The molecule has 4 nitrogen and oxygen atoms in total. The maximum absolute atomic E-state index is 13.4. The van der Waals surface area contributed by atoms with Crippen LogP contribution in [-0.2, 0) is 0 Å². The van der Waals surface area contributed by atoms with Crippen molar-refractivity contribution in [3.8, 4) is 23.3 Å². The highest BCUT2D eigenvalue weighted by Crippen LogP contribution is 2.35. The van der Waals surface area contributed by atoms with Gasteiger partial charge in [0.2, 0.25) is 6.79 Å². The van der Waals surface area contributed by atoms with E-state index < -0.39 is 0 Å². The highest BCUT2D eigenvalue weighted by atomic mass is 19.1. The first-order chi connectivity index (χ1) is 11.3. The van der Waals surface area contributed by atoms with Gasteiger partial charge in [0.05, 0.1) is 18.6 Å². The minimum atomic E-state index is -0.375. The number of hydrogen-bond donors (Lipinski definition) is 0. The molecular weight excluding hydrogens is 297 g/mol. The van der Waals surface area contributed by atoms with Gasteiger partial charge in [-0.15, -0.1) is 0 Å². The Morgan fingerprint density at radius 1 is 1.17 bits per heavy atom. The minimum absolute atomic E-state index is 0.215. The molecule has 2 aromatic rings. The summed E-state index contributed by atoms with van der Waals surface area (Å²) in [6.45, 7) is 0.580. The Kier molecular flexibility index (Phi) is 4.62. The molecule has 0 bridgehead atoms. The monoisotopic (exact) mass is 313 g/mol. The van der Waals surface area contributed by atoms with Crippen molar-refractivity contribution in [2.75, 3.05) is 13.4 Å². The van der Waals surface area contributed by atoms with E-state index in [-0.39, 0.29) is 24.3 Å². The van der Waals surface area contributed by atoms with E-state index >= 15 is 0 Å². The number of rotatable bonds is 6. The van der Waals surface area contributed by atoms with E-state index in [9.17, 15) is 9.65 Å². The number of benzene rings is 2. The lowest BCUT2D eigenvalue weighted by molar-refractivity contribution is 0.174. The lowest BCUT2D eigenvalue weighted by Gasteiger charge is -2.11. The molecule has 118 valence electrons. The molecule has 0 spiro atoms. The maximum atomic E-state index is 13.4. The standard InChI is InChI=1S/C18H16FNO3/c19-15-5-1-2-6-16(15)21-9-3-4-14(11-20)13-7-8-17-18(10-13)23-12-22-17/h1-2,5-8,10,14H,3-4,9,12H2. The van der Waals surface area contributed by atoms with Gasteiger partial charge in [-0.3, -0.25) is 0 Å². The van der Waals surface area contributed by atoms with Crippen LogP contribution in [0.4, 0.5) is 4.39 Å². The zero-order valence-electron chi connectivity index (χ0n) is 12.5. The fourth-order valence-corrected chi connectivity index (χ4v) is 2.47. The molecule has 0 radical (unpaired) electrons. The van der Waals surface area contributed by atoms with Gasteiger partial charge >= 0.3 is 0 Å². The molecule has 0 fully saturated rings. The van der Waals surface area contributed by atoms with E-state index in [1.807, 2.05) is 18.2 Å². The van der Waals surface area contributed by atoms with Gasteiger partial charge in [-0.1, -0.05) is 18.2 Å². The Morgan fingerprint density at radius 2 is 2.00 bits per heavy atom. The number of para-hydroxylation sites is 1. The van der Waals surface area contributed by atoms with Crippen molar-refractivity contribution < 1.29 is 18.6 Å². The molecule has 0 saturated carbocycles. The first-order valence-electron chi connectivity index (χ1n) is 7.44. The summed E-state index contributed by atoms with van der Waals surface area (Å²) in [7, 11) is 0. The number of ether oxygens (including phenoxy) is 3. The van der Waals surface area contributed by atoms with Gasteiger partial charge in [0.25, 0.3) is 0 Å². The van der Waals surface area contributed by atoms with Crippen LogP contribution in [0.1, 0.15) is 24.3 Å². The zero-order chi connectivity index (χ0) is 16.1. The molecule has 0 aliphatic carbocycles. The van der Waals surface area contributed by atoms with Gasteiger partial charge in [0.15, 0.2) is 23.1 Å². The van der Waals surface area contributed by atoms with Crippen molar-refractivity contribution in [3.63, 3.8) is 0 Å². The number of fused-ring (bicyclic) bond motifs is 1. The third-order valence-electron chi connectivity index (χ3n) is 3.69. The van der Waals surface area contributed by atoms with Crippen LogP contribution in [0, 0.1) is 17.1 Å². The van der Waals surface area contributed by atoms with Gasteiger partial charge in [-0.2, -0.15) is 5.26 Å². The second-order valence-corrected chi connectivity index (χ2v) is 5.22. The molecular formula is C18H16FNO3. The van der Waals surface area contributed by atoms with Gasteiger partial charge in [0.1, 0.15) is 0 Å². The third-order valence-corrected chi connectivity index (χ3v) is 3.69. The molecule has 0 N–H and O–H groups in total. The Balaban J connectivity index is 1.54. The molecule has 1 aliphatic rings. The van der Waals surface area contributed by atoms with E-state index in [1.54, 1.807) is 18.2 Å². The van der Waals surface area contributed by atoms with Gasteiger partial charge in [-0.25, -0.2) is 4.39 Å². The van der Waals surface area contributed by atoms with Crippen LogP contribution in [0.15, 0.2) is 42.5 Å². The van der Waals surface area contributed by atoms with Gasteiger partial charge in [-0.05, 0) is 42.7 Å². The molecule has 23 heavy (non-hydrogen) atoms. The largest absolute Gasteiger partial charge is 0.491 e. The average Bonchev–Trinajstić information content (AvgIpc) is 3.04. The maximum Gasteiger partial charge on any atom is 0.231 e. The predicted molar refractivity (Wildman–Crippen MR) is 82.0 cm³/mol. The minimum Gasteiger partial charge on any atom is -0.491 e. The van der Waals surface area contributed by atoms with E-state index in [0.717, 1.165) is 5.56 Å². The van der Waals surface area contributed by atoms with Crippen LogP contribution >= 0.6 is 0 Å². The molecule has 2 aromatic carbocycles. The van der Waals surface area contributed by atoms with Crippen molar-refractivity contribution in [1.82, 2.24) is 0 Å². The van der Waals surface area contributed by atoms with Gasteiger partial charge in [0, 0.05) is 0 Å². The number of hydrogen-bond acceptors (Lipinski definition) is 4. The lowest BCUT2D eigenvalue weighted by atomic mass is 9.95. The Hall–Kier alpha value is -2.74. The summed E-state index contributed by atoms with van der Waals surface area (Å²) >= 11 is 0. The van der Waals surface area contributed by atoms with E-state index in [0.29, 0.717) is 30.9 Å². The smallest absolute Gasteiger partial charge is 0.231 e. The van der Waals surface area contributed by atoms with Crippen LogP contribution in [0.3, 0.4) is 0 Å². The second kappa shape index (κ2) is 7.01. The molecule has 3 rings (SSSR count). The van der Waals surface area contributed by atoms with Crippen LogP contribution in [-0.4, -0.2) is 13.4 Å². The molecule has 0 amide bonds. The van der Waals surface area contributed by atoms with Crippen LogP contribution < -0.4 is 14.2 Å². The summed E-state index contributed by atoms with van der Waals surface area (Å²) < 4.78 is 29.4. The SMILES string of the molecule is N#CC(CCCOc1ccccc1F)c1ccc2c(c1)OCO2. The highest BCUT2D eigenvalue weighted by Gasteiger charge is 2.17. The van der Waals surface area contributed by atoms with Crippen molar-refractivity contribution in [3.05, 3.63) is 53.8 Å². The first-order valence-corrected chi connectivity index (χ1v) is 7.44.